The molecule has 1 aromatic rings. The van der Waals surface area contributed by atoms with Crippen LogP contribution in [0, 0.1) is 0 Å². The topological polar surface area (TPSA) is 93.7 Å². The van der Waals surface area contributed by atoms with Crippen molar-refractivity contribution in [2.45, 2.75) is 52.0 Å². The highest BCUT2D eigenvalue weighted by Gasteiger charge is 2.34. The highest BCUT2D eigenvalue weighted by molar-refractivity contribution is 5.93. The summed E-state index contributed by atoms with van der Waals surface area (Å²) in [7, 11) is 0. The van der Waals surface area contributed by atoms with Gasteiger partial charge in [0.25, 0.3) is 5.91 Å². The number of nitrogens with one attached hydrogen (secondary N) is 2. The molecule has 0 spiro atoms. The molecule has 1 aliphatic heterocycles. The fourth-order valence-corrected chi connectivity index (χ4v) is 2.20. The summed E-state index contributed by atoms with van der Waals surface area (Å²) < 4.78 is 9.85. The Morgan fingerprint density at radius 3 is 2.58 bits per heavy atom. The number of ether oxygens (including phenoxy) is 2. The average molecular weight is 334 g/mol. The van der Waals surface area contributed by atoms with Crippen LogP contribution in [0.15, 0.2) is 24.3 Å². The summed E-state index contributed by atoms with van der Waals surface area (Å²) in [5, 5.41) is 4.61. The van der Waals surface area contributed by atoms with E-state index in [0.717, 1.165) is 24.8 Å². The molecule has 0 aromatic heterocycles. The lowest BCUT2D eigenvalue weighted by Gasteiger charge is -2.26. The zero-order chi connectivity index (χ0) is 17.5. The number of unbranched alkanes of at least 4 members (excludes halogenated alkanes) is 1. The number of hydrogen-bond donors (Lipinski definition) is 2. The number of benzene rings is 1. The first-order valence-electron chi connectivity index (χ1n) is 8.01. The molecule has 2 atom stereocenters. The maximum absolute atomic E-state index is 11.7. The van der Waals surface area contributed by atoms with Gasteiger partial charge in [-0.15, -0.1) is 0 Å². The molecular weight excluding hydrogens is 312 g/mol. The largest absolute Gasteiger partial charge is 0.450 e. The minimum atomic E-state index is -1.22. The first-order valence-corrected chi connectivity index (χ1v) is 8.01. The van der Waals surface area contributed by atoms with E-state index in [2.05, 4.69) is 17.6 Å². The van der Waals surface area contributed by atoms with Crippen LogP contribution in [0.1, 0.15) is 37.8 Å². The predicted molar refractivity (Wildman–Crippen MR) is 85.9 cm³/mol. The second-order valence-corrected chi connectivity index (χ2v) is 5.66. The summed E-state index contributed by atoms with van der Waals surface area (Å²) >= 11 is 0. The fourth-order valence-electron chi connectivity index (χ4n) is 2.20. The lowest BCUT2D eigenvalue weighted by Crippen LogP contribution is -2.60. The lowest BCUT2D eigenvalue weighted by atomic mass is 10.1. The summed E-state index contributed by atoms with van der Waals surface area (Å²) in [4.78, 5) is 34.7. The normalized spacial score (nSPS) is 20.1. The van der Waals surface area contributed by atoms with Crippen molar-refractivity contribution in [1.29, 1.82) is 0 Å². The SMILES string of the molecule is CCCCc1ccc(COC(=O)NC2NC(=O)C(C)OC2=O)cc1. The second-order valence-electron chi connectivity index (χ2n) is 5.66. The zero-order valence-corrected chi connectivity index (χ0v) is 13.8. The van der Waals surface area contributed by atoms with Crippen LogP contribution in [0.2, 0.25) is 0 Å². The first kappa shape index (κ1) is 17.8. The van der Waals surface area contributed by atoms with Gasteiger partial charge in [-0.25, -0.2) is 9.59 Å². The molecule has 0 bridgehead atoms. The molecule has 2 N–H and O–H groups in total. The Kier molecular flexibility index (Phi) is 6.17. The summed E-state index contributed by atoms with van der Waals surface area (Å²) in [6, 6.07) is 7.81. The Bertz CT molecular complexity index is 600. The van der Waals surface area contributed by atoms with E-state index in [4.69, 9.17) is 9.47 Å². The van der Waals surface area contributed by atoms with Crippen LogP contribution in [0.5, 0.6) is 0 Å². The Balaban J connectivity index is 1.78. The monoisotopic (exact) mass is 334 g/mol. The third kappa shape index (κ3) is 4.97. The minimum Gasteiger partial charge on any atom is -0.450 e. The van der Waals surface area contributed by atoms with Gasteiger partial charge in [0.05, 0.1) is 0 Å². The van der Waals surface area contributed by atoms with Crippen LogP contribution in [-0.2, 0) is 32.1 Å². The Labute approximate surface area is 140 Å². The van der Waals surface area contributed by atoms with Gasteiger partial charge in [0.1, 0.15) is 6.61 Å². The van der Waals surface area contributed by atoms with Crippen molar-refractivity contribution in [3.63, 3.8) is 0 Å². The Hall–Kier alpha value is -2.57. The predicted octanol–water partition coefficient (Wildman–Crippen LogP) is 1.64. The quantitative estimate of drug-likeness (QED) is 0.772. The van der Waals surface area contributed by atoms with Gasteiger partial charge in [-0.2, -0.15) is 0 Å². The minimum absolute atomic E-state index is 0.0754. The van der Waals surface area contributed by atoms with E-state index in [1.807, 2.05) is 24.3 Å². The van der Waals surface area contributed by atoms with Crippen molar-refractivity contribution in [2.75, 3.05) is 0 Å². The second kappa shape index (κ2) is 8.33. The number of carbonyl (C=O) groups excluding carboxylic acids is 3. The molecule has 2 unspecified atom stereocenters. The molecule has 1 heterocycles. The third-order valence-electron chi connectivity index (χ3n) is 3.66. The van der Waals surface area contributed by atoms with Crippen LogP contribution < -0.4 is 10.6 Å². The van der Waals surface area contributed by atoms with Crippen LogP contribution in [0.25, 0.3) is 0 Å². The molecule has 1 fully saturated rings. The molecule has 130 valence electrons. The lowest BCUT2D eigenvalue weighted by molar-refractivity contribution is -0.165. The molecule has 24 heavy (non-hydrogen) atoms. The molecule has 2 amide bonds. The first-order chi connectivity index (χ1) is 11.5. The van der Waals surface area contributed by atoms with Gasteiger partial charge < -0.3 is 14.8 Å². The van der Waals surface area contributed by atoms with Crippen LogP contribution in [0.3, 0.4) is 0 Å². The molecule has 1 saturated heterocycles. The van der Waals surface area contributed by atoms with Gasteiger partial charge in [-0.1, -0.05) is 37.6 Å². The van der Waals surface area contributed by atoms with Crippen LogP contribution in [0.4, 0.5) is 4.79 Å². The number of esters is 1. The van der Waals surface area contributed by atoms with E-state index in [9.17, 15) is 14.4 Å². The van der Waals surface area contributed by atoms with Crippen molar-refractivity contribution in [3.05, 3.63) is 35.4 Å². The zero-order valence-electron chi connectivity index (χ0n) is 13.8. The number of carbonyl (C=O) groups is 3. The summed E-state index contributed by atoms with van der Waals surface area (Å²) in [6.45, 7) is 3.67. The van der Waals surface area contributed by atoms with Crippen molar-refractivity contribution in [3.8, 4) is 0 Å². The van der Waals surface area contributed by atoms with E-state index in [0.29, 0.717) is 0 Å². The van der Waals surface area contributed by atoms with Crippen molar-refractivity contribution < 1.29 is 23.9 Å². The standard InChI is InChI=1S/C17H22N2O5/c1-3-4-5-12-6-8-13(9-7-12)10-23-17(22)19-14-16(21)24-11(2)15(20)18-14/h6-9,11,14H,3-5,10H2,1-2H3,(H,18,20)(H,19,22). The molecule has 0 aliphatic carbocycles. The van der Waals surface area contributed by atoms with Gasteiger partial charge >= 0.3 is 12.1 Å². The molecule has 0 saturated carbocycles. The molecule has 1 aliphatic rings. The Morgan fingerprint density at radius 1 is 1.25 bits per heavy atom. The maximum Gasteiger partial charge on any atom is 0.409 e. The van der Waals surface area contributed by atoms with Crippen LogP contribution in [-0.4, -0.2) is 30.2 Å². The van der Waals surface area contributed by atoms with Crippen molar-refractivity contribution in [1.82, 2.24) is 10.6 Å². The smallest absolute Gasteiger partial charge is 0.409 e. The van der Waals surface area contributed by atoms with Crippen molar-refractivity contribution >= 4 is 18.0 Å². The molecule has 2 rings (SSSR count). The number of alkyl carbamates (subject to hydrolysis) is 1. The molecule has 0 radical (unpaired) electrons. The number of hydrogen-bond acceptors (Lipinski definition) is 5. The van der Waals surface area contributed by atoms with Gasteiger partial charge in [0, 0.05) is 0 Å². The van der Waals surface area contributed by atoms with E-state index in [1.165, 1.54) is 12.5 Å². The van der Waals surface area contributed by atoms with E-state index in [1.54, 1.807) is 0 Å². The summed E-state index contributed by atoms with van der Waals surface area (Å²) in [6.07, 6.45) is 0.418. The molecule has 7 nitrogen and oxygen atoms in total. The molecular formula is C17H22N2O5. The fraction of sp³-hybridized carbons (Fsp3) is 0.471. The highest BCUT2D eigenvalue weighted by Crippen LogP contribution is 2.09. The third-order valence-corrected chi connectivity index (χ3v) is 3.66. The van der Waals surface area contributed by atoms with E-state index < -0.39 is 30.2 Å². The summed E-state index contributed by atoms with van der Waals surface area (Å²) in [5.74, 6) is -1.19. The average Bonchev–Trinajstić information content (AvgIpc) is 2.57. The number of aryl methyl sites for hydroxylation is 1. The van der Waals surface area contributed by atoms with E-state index in [-0.39, 0.29) is 6.61 Å². The molecule has 1 aromatic carbocycles. The number of rotatable bonds is 6. The van der Waals surface area contributed by atoms with E-state index >= 15 is 0 Å². The Morgan fingerprint density at radius 2 is 1.92 bits per heavy atom. The number of morpholine rings is 1. The van der Waals surface area contributed by atoms with Gasteiger partial charge in [-0.3, -0.25) is 10.1 Å². The maximum atomic E-state index is 11.7. The molecule has 7 heteroatoms. The number of amides is 2. The van der Waals surface area contributed by atoms with Crippen LogP contribution >= 0.6 is 0 Å². The van der Waals surface area contributed by atoms with Gasteiger partial charge in [0.2, 0.25) is 6.17 Å². The van der Waals surface area contributed by atoms with Crippen molar-refractivity contribution in [2.24, 2.45) is 0 Å². The summed E-state index contributed by atoms with van der Waals surface area (Å²) in [5.41, 5.74) is 2.08. The number of cyclic esters (lactones) is 1. The highest BCUT2D eigenvalue weighted by atomic mass is 16.6. The van der Waals surface area contributed by atoms with Gasteiger partial charge in [0.15, 0.2) is 6.10 Å². The van der Waals surface area contributed by atoms with Gasteiger partial charge in [-0.05, 0) is 30.9 Å².